The number of hydrogen-bond donors (Lipinski definition) is 0. The van der Waals surface area contributed by atoms with Crippen LogP contribution in [0.5, 0.6) is 0 Å². The van der Waals surface area contributed by atoms with Crippen LogP contribution >= 0.6 is 17.0 Å². The molecule has 0 atom stereocenters. The minimum absolute atomic E-state index is 0.576. The van der Waals surface area contributed by atoms with Gasteiger partial charge in [0.15, 0.2) is 0 Å². The van der Waals surface area contributed by atoms with Gasteiger partial charge in [-0.25, -0.2) is 0 Å². The van der Waals surface area contributed by atoms with Crippen LogP contribution in [0.1, 0.15) is 50.3 Å². The molecule has 0 unspecified atom stereocenters. The van der Waals surface area contributed by atoms with Gasteiger partial charge >= 0.3 is 37.9 Å². The third-order valence-corrected chi connectivity index (χ3v) is 8.42. The summed E-state index contributed by atoms with van der Waals surface area (Å²) >= 11 is -0.826. The number of aryl methyl sites for hydroxylation is 2. The zero-order chi connectivity index (χ0) is 27.1. The predicted octanol–water partition coefficient (Wildman–Crippen LogP) is 8.97. The first-order valence-electron chi connectivity index (χ1n) is 13.2. The van der Waals surface area contributed by atoms with Gasteiger partial charge < -0.3 is 0 Å². The second-order valence-electron chi connectivity index (χ2n) is 9.61. The Morgan fingerprint density at radius 3 is 2.18 bits per heavy atom. The normalized spacial score (nSPS) is 11.1. The minimum Gasteiger partial charge on any atom is -0.184 e. The van der Waals surface area contributed by atoms with Gasteiger partial charge in [-0.3, -0.25) is 0 Å². The Hall–Kier alpha value is -1.83. The first-order chi connectivity index (χ1) is 18.5. The maximum atomic E-state index is 4.93. The largest absolute Gasteiger partial charge is 0.184 e. The van der Waals surface area contributed by atoms with Gasteiger partial charge in [0.05, 0.1) is 9.52 Å². The van der Waals surface area contributed by atoms with E-state index in [0.29, 0.717) is 5.92 Å². The van der Waals surface area contributed by atoms with Gasteiger partial charge in [-0.2, -0.15) is 35.5 Å². The second kappa shape index (κ2) is 14.0. The fourth-order valence-electron chi connectivity index (χ4n) is 5.09. The van der Waals surface area contributed by atoms with E-state index in [1.165, 1.54) is 60.1 Å². The summed E-state index contributed by atoms with van der Waals surface area (Å²) in [5, 5.41) is 5.62. The molecule has 0 aliphatic carbocycles. The van der Waals surface area contributed by atoms with E-state index in [4.69, 9.17) is 17.0 Å². The predicted molar refractivity (Wildman–Crippen MR) is 165 cm³/mol. The van der Waals surface area contributed by atoms with E-state index in [-0.39, 0.29) is 0 Å². The topological polar surface area (TPSA) is 0 Å². The summed E-state index contributed by atoms with van der Waals surface area (Å²) in [6.07, 6.45) is 2.15. The maximum absolute atomic E-state index is 4.93. The van der Waals surface area contributed by atoms with Crippen LogP contribution in [-0.2, 0) is 33.7 Å². The van der Waals surface area contributed by atoms with E-state index >= 15 is 0 Å². The third kappa shape index (κ3) is 6.48. The number of rotatable bonds is 4. The molecule has 1 heterocycles. The second-order valence-corrected chi connectivity index (χ2v) is 14.6. The number of benzene rings is 4. The minimum atomic E-state index is -0.826. The molecule has 38 heavy (non-hydrogen) atoms. The Bertz CT molecular complexity index is 1460. The molecule has 190 valence electrons. The van der Waals surface area contributed by atoms with Crippen LogP contribution in [-0.4, -0.2) is 9.52 Å². The SMILES string of the molecule is CCc1ccccc1-c1c(CC)ccc2[cH-]c(C(C)C)cc12.[Cl][Zr+2][Cl].[c-]1cccc2c1[Si]c1ccccc1-2. The van der Waals surface area contributed by atoms with Crippen LogP contribution in [0.25, 0.3) is 33.0 Å². The summed E-state index contributed by atoms with van der Waals surface area (Å²) < 4.78 is 0. The molecule has 0 saturated carbocycles. The molecule has 0 aromatic heterocycles. The molecule has 0 saturated heterocycles. The van der Waals surface area contributed by atoms with E-state index < -0.39 is 20.8 Å². The van der Waals surface area contributed by atoms with Crippen LogP contribution in [0.4, 0.5) is 0 Å². The molecule has 5 aromatic carbocycles. The van der Waals surface area contributed by atoms with Crippen molar-refractivity contribution in [3.05, 3.63) is 114 Å². The Labute approximate surface area is 249 Å². The van der Waals surface area contributed by atoms with Crippen LogP contribution in [0.15, 0.2) is 91.0 Å². The molecule has 1 aliphatic rings. The Balaban J connectivity index is 0.000000177. The molecule has 1 aliphatic heterocycles. The summed E-state index contributed by atoms with van der Waals surface area (Å²) in [5.74, 6) is 0.576. The van der Waals surface area contributed by atoms with Crippen molar-refractivity contribution >= 4 is 47.7 Å². The van der Waals surface area contributed by atoms with Gasteiger partial charge in [0.25, 0.3) is 0 Å². The maximum Gasteiger partial charge on any atom is 0.0920 e. The average Bonchev–Trinajstić information content (AvgIpc) is 3.55. The zero-order valence-electron chi connectivity index (χ0n) is 22.4. The van der Waals surface area contributed by atoms with Crippen molar-refractivity contribution in [2.45, 2.75) is 46.5 Å². The average molecular weight is 631 g/mol. The van der Waals surface area contributed by atoms with E-state index in [1.807, 2.05) is 6.07 Å². The van der Waals surface area contributed by atoms with Crippen molar-refractivity contribution in [2.24, 2.45) is 0 Å². The zero-order valence-corrected chi connectivity index (χ0v) is 27.4. The van der Waals surface area contributed by atoms with Crippen molar-refractivity contribution in [3.63, 3.8) is 0 Å². The van der Waals surface area contributed by atoms with Gasteiger partial charge in [-0.05, 0) is 29.9 Å². The molecule has 0 N–H and O–H groups in total. The first kappa shape index (κ1) is 29.2. The summed E-state index contributed by atoms with van der Waals surface area (Å²) in [5.41, 5.74) is 9.96. The van der Waals surface area contributed by atoms with Crippen LogP contribution < -0.4 is 10.4 Å². The summed E-state index contributed by atoms with van der Waals surface area (Å²) in [6, 6.07) is 36.4. The summed E-state index contributed by atoms with van der Waals surface area (Å²) in [6.45, 7) is 9.05. The quantitative estimate of drug-likeness (QED) is 0.135. The van der Waals surface area contributed by atoms with Gasteiger partial charge in [-0.15, -0.1) is 40.1 Å². The third-order valence-electron chi connectivity index (χ3n) is 7.05. The smallest absolute Gasteiger partial charge is 0.0920 e. The van der Waals surface area contributed by atoms with Crippen molar-refractivity contribution in [2.75, 3.05) is 0 Å². The van der Waals surface area contributed by atoms with E-state index in [9.17, 15) is 0 Å². The number of halogens is 2. The molecule has 4 heteroatoms. The van der Waals surface area contributed by atoms with Crippen LogP contribution in [0.3, 0.4) is 0 Å². The monoisotopic (exact) mass is 628 g/mol. The number of hydrogen-bond acceptors (Lipinski definition) is 0. The van der Waals surface area contributed by atoms with Crippen LogP contribution in [0.2, 0.25) is 0 Å². The van der Waals surface area contributed by atoms with Gasteiger partial charge in [-0.1, -0.05) is 98.1 Å². The van der Waals surface area contributed by atoms with Gasteiger partial charge in [0.2, 0.25) is 0 Å². The van der Waals surface area contributed by atoms with E-state index in [0.717, 1.165) is 22.4 Å². The molecule has 0 bridgehead atoms. The molecule has 0 fully saturated rings. The Kier molecular flexibility index (Phi) is 10.7. The molecule has 6 rings (SSSR count). The van der Waals surface area contributed by atoms with Gasteiger partial charge in [0.1, 0.15) is 0 Å². The van der Waals surface area contributed by atoms with Crippen molar-refractivity contribution in [1.82, 2.24) is 0 Å². The van der Waals surface area contributed by atoms with Crippen molar-refractivity contribution < 1.29 is 20.8 Å². The fraction of sp³-hybridized carbons (Fsp3) is 0.206. The molecular weight excluding hydrogens is 599 g/mol. The van der Waals surface area contributed by atoms with Crippen molar-refractivity contribution in [1.29, 1.82) is 0 Å². The van der Waals surface area contributed by atoms with E-state index in [2.05, 4.69) is 119 Å². The van der Waals surface area contributed by atoms with Crippen molar-refractivity contribution in [3.8, 4) is 22.3 Å². The summed E-state index contributed by atoms with van der Waals surface area (Å²) in [7, 11) is 10.7. The van der Waals surface area contributed by atoms with Gasteiger partial charge in [0, 0.05) is 0 Å². The Morgan fingerprint density at radius 2 is 1.47 bits per heavy atom. The molecule has 0 amide bonds. The molecule has 0 nitrogen and oxygen atoms in total. The molecular formula is C34H32Cl2SiZr. The standard InChI is InChI=1S/C22H25.C12H7Si.2ClH.Zr/c1-5-16-9-7-8-10-20(16)22-17(6-2)11-12-18-13-19(15(3)4)14-21(18)22;1-3-7-11-9(5-1)10-6-2-4-8-12(10)13-11;;;/h7-15H,5-6H2,1-4H3;1-7H;2*1H;/q2*-1;;;+4/p-2. The Morgan fingerprint density at radius 1 is 0.816 bits per heavy atom. The fourth-order valence-corrected chi connectivity index (χ4v) is 6.40. The molecule has 2 radical (unpaired) electrons. The number of fused-ring (bicyclic) bond motifs is 4. The first-order valence-corrected chi connectivity index (χ1v) is 20.5. The molecule has 5 aromatic rings. The van der Waals surface area contributed by atoms with E-state index in [1.54, 1.807) is 0 Å². The molecule has 0 spiro atoms. The summed E-state index contributed by atoms with van der Waals surface area (Å²) in [4.78, 5) is 0. The van der Waals surface area contributed by atoms with Crippen LogP contribution in [0, 0.1) is 6.07 Å².